The molecule has 1 heterocycles. The van der Waals surface area contributed by atoms with E-state index >= 15 is 0 Å². The van der Waals surface area contributed by atoms with Crippen LogP contribution in [-0.4, -0.2) is 13.1 Å². The largest absolute Gasteiger partial charge is 0.312 e. The van der Waals surface area contributed by atoms with E-state index in [4.69, 9.17) is 16.9 Å². The highest BCUT2D eigenvalue weighted by Crippen LogP contribution is 2.26. The Hall–Kier alpha value is -1.30. The van der Waals surface area contributed by atoms with E-state index in [1.807, 2.05) is 24.3 Å². The molecule has 15 heavy (non-hydrogen) atoms. The van der Waals surface area contributed by atoms with Crippen LogP contribution in [0.3, 0.4) is 0 Å². The van der Waals surface area contributed by atoms with Crippen molar-refractivity contribution in [3.05, 3.63) is 40.4 Å². The van der Waals surface area contributed by atoms with Gasteiger partial charge in [-0.1, -0.05) is 23.7 Å². The molecule has 2 nitrogen and oxygen atoms in total. The van der Waals surface area contributed by atoms with Crippen molar-refractivity contribution >= 4 is 17.2 Å². The Bertz CT molecular complexity index is 443. The van der Waals surface area contributed by atoms with Crippen LogP contribution < -0.4 is 5.32 Å². The summed E-state index contributed by atoms with van der Waals surface area (Å²) in [5.74, 6) is 0. The van der Waals surface area contributed by atoms with Crippen molar-refractivity contribution in [3.63, 3.8) is 0 Å². The summed E-state index contributed by atoms with van der Waals surface area (Å²) in [6, 6.07) is 9.93. The molecule has 1 aromatic carbocycles. The zero-order valence-electron chi connectivity index (χ0n) is 8.26. The first-order valence-corrected chi connectivity index (χ1v) is 5.28. The van der Waals surface area contributed by atoms with Crippen molar-refractivity contribution in [2.24, 2.45) is 0 Å². The van der Waals surface area contributed by atoms with Gasteiger partial charge in [0.05, 0.1) is 6.07 Å². The van der Waals surface area contributed by atoms with Gasteiger partial charge < -0.3 is 5.32 Å². The molecule has 0 atom stereocenters. The summed E-state index contributed by atoms with van der Waals surface area (Å²) in [5.41, 5.74) is 3.02. The molecule has 3 heteroatoms. The summed E-state index contributed by atoms with van der Waals surface area (Å²) in [5, 5.41) is 12.9. The third-order valence-corrected chi connectivity index (χ3v) is 2.76. The van der Waals surface area contributed by atoms with E-state index in [1.165, 1.54) is 0 Å². The number of benzene rings is 1. The second-order valence-corrected chi connectivity index (χ2v) is 3.94. The first-order chi connectivity index (χ1) is 7.31. The molecule has 0 aliphatic carbocycles. The third kappa shape index (κ3) is 2.20. The fourth-order valence-corrected chi connectivity index (χ4v) is 1.98. The van der Waals surface area contributed by atoms with E-state index in [2.05, 4.69) is 11.4 Å². The van der Waals surface area contributed by atoms with Gasteiger partial charge in [0, 0.05) is 17.1 Å². The highest BCUT2D eigenvalue weighted by molar-refractivity contribution is 6.30. The zero-order chi connectivity index (χ0) is 10.7. The van der Waals surface area contributed by atoms with E-state index < -0.39 is 0 Å². The van der Waals surface area contributed by atoms with E-state index in [0.717, 1.165) is 34.7 Å². The molecule has 0 radical (unpaired) electrons. The topological polar surface area (TPSA) is 35.8 Å². The van der Waals surface area contributed by atoms with Crippen molar-refractivity contribution in [2.75, 3.05) is 13.1 Å². The predicted octanol–water partition coefficient (Wildman–Crippen LogP) is 2.61. The van der Waals surface area contributed by atoms with Gasteiger partial charge in [-0.2, -0.15) is 5.26 Å². The van der Waals surface area contributed by atoms with E-state index in [9.17, 15) is 0 Å². The fraction of sp³-hybridized carbons (Fsp3) is 0.250. The number of nitrogens with zero attached hydrogens (tertiary/aromatic N) is 1. The molecule has 0 saturated carbocycles. The standard InChI is InChI=1S/C12H11ClN2/c13-11-3-1-2-9(6-11)12-4-5-15-8-10(12)7-14/h1-3,6,15H,4-5,8H2. The van der Waals surface area contributed by atoms with Gasteiger partial charge in [-0.3, -0.25) is 0 Å². The van der Waals surface area contributed by atoms with Crippen LogP contribution in [0.25, 0.3) is 5.57 Å². The van der Waals surface area contributed by atoms with Crippen molar-refractivity contribution in [1.29, 1.82) is 5.26 Å². The highest BCUT2D eigenvalue weighted by atomic mass is 35.5. The van der Waals surface area contributed by atoms with Gasteiger partial charge in [0.15, 0.2) is 0 Å². The minimum Gasteiger partial charge on any atom is -0.312 e. The number of rotatable bonds is 1. The normalized spacial score (nSPS) is 16.3. The predicted molar refractivity (Wildman–Crippen MR) is 61.5 cm³/mol. The van der Waals surface area contributed by atoms with Crippen LogP contribution >= 0.6 is 11.6 Å². The molecule has 0 saturated heterocycles. The van der Waals surface area contributed by atoms with Crippen LogP contribution in [0.15, 0.2) is 29.8 Å². The molecule has 1 aliphatic heterocycles. The summed E-state index contributed by atoms with van der Waals surface area (Å²) in [7, 11) is 0. The molecular formula is C12H11ClN2. The third-order valence-electron chi connectivity index (χ3n) is 2.53. The number of nitriles is 1. The number of halogens is 1. The van der Waals surface area contributed by atoms with Crippen molar-refractivity contribution in [3.8, 4) is 6.07 Å². The Morgan fingerprint density at radius 3 is 3.00 bits per heavy atom. The fourth-order valence-electron chi connectivity index (χ4n) is 1.79. The summed E-state index contributed by atoms with van der Waals surface area (Å²) in [6.07, 6.45) is 0.892. The lowest BCUT2D eigenvalue weighted by Crippen LogP contribution is -2.24. The van der Waals surface area contributed by atoms with Crippen LogP contribution in [-0.2, 0) is 0 Å². The van der Waals surface area contributed by atoms with E-state index in [0.29, 0.717) is 6.54 Å². The number of hydrogen-bond acceptors (Lipinski definition) is 2. The quantitative estimate of drug-likeness (QED) is 0.787. The van der Waals surface area contributed by atoms with Crippen molar-refractivity contribution < 1.29 is 0 Å². The summed E-state index contributed by atoms with van der Waals surface area (Å²) < 4.78 is 0. The molecular weight excluding hydrogens is 208 g/mol. The lowest BCUT2D eigenvalue weighted by atomic mass is 9.95. The number of hydrogen-bond donors (Lipinski definition) is 1. The lowest BCUT2D eigenvalue weighted by Gasteiger charge is -2.17. The SMILES string of the molecule is N#CC1=C(c2cccc(Cl)c2)CCNC1. The van der Waals surface area contributed by atoms with Crippen LogP contribution in [0, 0.1) is 11.3 Å². The first kappa shape index (κ1) is 10.2. The maximum absolute atomic E-state index is 9.01. The Kier molecular flexibility index (Phi) is 3.05. The molecule has 0 amide bonds. The minimum absolute atomic E-state index is 0.665. The minimum atomic E-state index is 0.665. The Morgan fingerprint density at radius 1 is 1.40 bits per heavy atom. The molecule has 0 bridgehead atoms. The Balaban J connectivity index is 2.45. The second kappa shape index (κ2) is 4.48. The first-order valence-electron chi connectivity index (χ1n) is 4.90. The maximum Gasteiger partial charge on any atom is 0.0963 e. The van der Waals surface area contributed by atoms with Gasteiger partial charge in [-0.15, -0.1) is 0 Å². The highest BCUT2D eigenvalue weighted by Gasteiger charge is 2.13. The Labute approximate surface area is 94.2 Å². The summed E-state index contributed by atoms with van der Waals surface area (Å²) >= 11 is 5.93. The molecule has 1 aliphatic rings. The van der Waals surface area contributed by atoms with Gasteiger partial charge in [0.25, 0.3) is 0 Å². The molecule has 1 N–H and O–H groups in total. The van der Waals surface area contributed by atoms with E-state index in [-0.39, 0.29) is 0 Å². The molecule has 1 aromatic rings. The van der Waals surface area contributed by atoms with Gasteiger partial charge in [0.2, 0.25) is 0 Å². The Morgan fingerprint density at radius 2 is 2.27 bits per heavy atom. The average Bonchev–Trinajstić information content (AvgIpc) is 2.29. The van der Waals surface area contributed by atoms with Crippen molar-refractivity contribution in [2.45, 2.75) is 6.42 Å². The smallest absolute Gasteiger partial charge is 0.0963 e. The van der Waals surface area contributed by atoms with Crippen LogP contribution in [0.2, 0.25) is 5.02 Å². The van der Waals surface area contributed by atoms with E-state index in [1.54, 1.807) is 0 Å². The molecule has 0 fully saturated rings. The van der Waals surface area contributed by atoms with Gasteiger partial charge in [0.1, 0.15) is 0 Å². The van der Waals surface area contributed by atoms with Gasteiger partial charge in [-0.25, -0.2) is 0 Å². The van der Waals surface area contributed by atoms with Crippen LogP contribution in [0.4, 0.5) is 0 Å². The van der Waals surface area contributed by atoms with Crippen LogP contribution in [0.1, 0.15) is 12.0 Å². The zero-order valence-corrected chi connectivity index (χ0v) is 9.01. The van der Waals surface area contributed by atoms with Gasteiger partial charge in [-0.05, 0) is 36.2 Å². The second-order valence-electron chi connectivity index (χ2n) is 3.51. The molecule has 76 valence electrons. The summed E-state index contributed by atoms with van der Waals surface area (Å²) in [6.45, 7) is 1.59. The average molecular weight is 219 g/mol. The maximum atomic E-state index is 9.01. The molecule has 0 aromatic heterocycles. The summed E-state index contributed by atoms with van der Waals surface area (Å²) in [4.78, 5) is 0. The lowest BCUT2D eigenvalue weighted by molar-refractivity contribution is 0.724. The molecule has 0 unspecified atom stereocenters. The van der Waals surface area contributed by atoms with Crippen molar-refractivity contribution in [1.82, 2.24) is 5.32 Å². The number of nitrogens with one attached hydrogen (secondary N) is 1. The monoisotopic (exact) mass is 218 g/mol. The molecule has 0 spiro atoms. The van der Waals surface area contributed by atoms with Gasteiger partial charge >= 0.3 is 0 Å². The molecule has 2 rings (SSSR count). The van der Waals surface area contributed by atoms with Crippen LogP contribution in [0.5, 0.6) is 0 Å².